The second-order valence-corrected chi connectivity index (χ2v) is 2.87. The van der Waals surface area contributed by atoms with Gasteiger partial charge in [-0.1, -0.05) is 0 Å². The third-order valence-electron chi connectivity index (χ3n) is 0. The Morgan fingerprint density at radius 1 is 0.556 bits per heavy atom. The Morgan fingerprint density at radius 2 is 0.556 bits per heavy atom. The van der Waals surface area contributed by atoms with Gasteiger partial charge in [-0.2, -0.15) is 0 Å². The molecule has 0 unspecified atom stereocenters. The number of hydrogen-bond donors (Lipinski definition) is 0. The zero-order valence-corrected chi connectivity index (χ0v) is 6.87. The number of rotatable bonds is 0. The van der Waals surface area contributed by atoms with Crippen molar-refractivity contribution >= 4 is 20.7 Å². The molecule has 64 valence electrons. The summed E-state index contributed by atoms with van der Waals surface area (Å²) in [5.41, 5.74) is 0. The van der Waals surface area contributed by atoms with Crippen molar-refractivity contribution in [3.63, 3.8) is 0 Å². The van der Waals surface area contributed by atoms with Crippen LogP contribution >= 0.6 is 0 Å². The molecule has 0 saturated carbocycles. The van der Waals surface area contributed by atoms with E-state index in [-0.39, 0.29) is 21.9 Å². The molecule has 0 rings (SSSR count). The van der Waals surface area contributed by atoms with Crippen molar-refractivity contribution in [2.45, 2.75) is 0 Å². The summed E-state index contributed by atoms with van der Waals surface area (Å²) >= 11 is -7.18. The van der Waals surface area contributed by atoms with Gasteiger partial charge in [-0.05, 0) is 0 Å². The Morgan fingerprint density at radius 3 is 0.556 bits per heavy atom. The number of halogens is 4. The first-order valence-electron chi connectivity index (χ1n) is 0.756. The molecular weight excluding hydrogens is 259 g/mol. The second-order valence-electron chi connectivity index (χ2n) is 0.429. The van der Waals surface area contributed by atoms with E-state index in [9.17, 15) is 11.5 Å². The van der Waals surface area contributed by atoms with Crippen LogP contribution in [0.25, 0.3) is 0 Å². The molecule has 0 bridgehead atoms. The van der Waals surface area contributed by atoms with Crippen LogP contribution in [0.2, 0.25) is 0 Å². The van der Waals surface area contributed by atoms with Crippen LogP contribution in [-0.2, 0) is 0 Å². The standard InChI is InChI=1S/4FH.4H2O.Sn/h4*1H;4*1H2;/q;;;;;;;;+4/p-4. The molecule has 0 saturated heterocycles. The van der Waals surface area contributed by atoms with Gasteiger partial charge in [0, 0.05) is 0 Å². The summed E-state index contributed by atoms with van der Waals surface area (Å²) in [5, 5.41) is 0. The summed E-state index contributed by atoms with van der Waals surface area (Å²) in [5.74, 6) is 0. The third kappa shape index (κ3) is 2630. The van der Waals surface area contributed by atoms with Gasteiger partial charge in [-0.15, -0.1) is 0 Å². The van der Waals surface area contributed by atoms with Crippen LogP contribution < -0.4 is 0 Å². The molecule has 0 aliphatic heterocycles. The minimum absolute atomic E-state index is 0. The Balaban J connectivity index is -0.0000000133. The molecule has 8 N–H and O–H groups in total. The zero-order chi connectivity index (χ0) is 4.50. The van der Waals surface area contributed by atoms with Gasteiger partial charge in [0.1, 0.15) is 0 Å². The van der Waals surface area contributed by atoms with E-state index in [1.807, 2.05) is 0 Å². The van der Waals surface area contributed by atoms with E-state index in [0.29, 0.717) is 0 Å². The van der Waals surface area contributed by atoms with Crippen molar-refractivity contribution in [2.75, 3.05) is 0 Å². The van der Waals surface area contributed by atoms with Gasteiger partial charge in [0.2, 0.25) is 0 Å². The fourth-order valence-corrected chi connectivity index (χ4v) is 0. The molecule has 0 aromatic carbocycles. The van der Waals surface area contributed by atoms with Gasteiger partial charge in [0.15, 0.2) is 0 Å². The van der Waals surface area contributed by atoms with Crippen LogP contribution in [0.3, 0.4) is 0 Å². The average molecular weight is 267 g/mol. The molecule has 0 fully saturated rings. The Bertz CT molecular complexity index is 28.0. The van der Waals surface area contributed by atoms with Crippen molar-refractivity contribution in [2.24, 2.45) is 0 Å². The van der Waals surface area contributed by atoms with Gasteiger partial charge in [-0.3, -0.25) is 0 Å². The summed E-state index contributed by atoms with van der Waals surface area (Å²) in [6, 6.07) is 0. The summed E-state index contributed by atoms with van der Waals surface area (Å²) < 4.78 is 39.6. The topological polar surface area (TPSA) is 126 Å². The van der Waals surface area contributed by atoms with Crippen molar-refractivity contribution in [3.8, 4) is 0 Å². The van der Waals surface area contributed by atoms with Crippen LogP contribution in [0, 0.1) is 0 Å². The molecule has 0 atom stereocenters. The van der Waals surface area contributed by atoms with Gasteiger partial charge >= 0.3 is 32.1 Å². The molecule has 0 amide bonds. The van der Waals surface area contributed by atoms with Crippen LogP contribution in [-0.4, -0.2) is 42.6 Å². The molecule has 9 heteroatoms. The van der Waals surface area contributed by atoms with E-state index >= 15 is 0 Å². The van der Waals surface area contributed by atoms with Gasteiger partial charge in [0.05, 0.1) is 0 Å². The first-order valence-corrected chi connectivity index (χ1v) is 5.07. The molecule has 0 spiro atoms. The summed E-state index contributed by atoms with van der Waals surface area (Å²) in [6.07, 6.45) is 0. The monoisotopic (exact) mass is 268 g/mol. The first kappa shape index (κ1) is 34.4. The molecule has 9 heavy (non-hydrogen) atoms. The van der Waals surface area contributed by atoms with Crippen LogP contribution in [0.5, 0.6) is 0 Å². The predicted octanol–water partition coefficient (Wildman–Crippen LogP) is -2.00. The Labute approximate surface area is 54.7 Å². The third-order valence-corrected chi connectivity index (χ3v) is 0. The SMILES string of the molecule is O.O.O.O.[F][Sn]([F])([F])[F]. The first-order chi connectivity index (χ1) is 2.00. The predicted molar refractivity (Wildman–Crippen MR) is 24.6 cm³/mol. The van der Waals surface area contributed by atoms with E-state index in [1.54, 1.807) is 0 Å². The van der Waals surface area contributed by atoms with Crippen molar-refractivity contribution in [3.05, 3.63) is 0 Å². The molecule has 0 aromatic rings. The minimum atomic E-state index is -7.18. The van der Waals surface area contributed by atoms with Crippen molar-refractivity contribution in [1.82, 2.24) is 0 Å². The molecule has 0 aromatic heterocycles. The summed E-state index contributed by atoms with van der Waals surface area (Å²) in [6.45, 7) is 0. The molecular formula is H8F4O4Sn. The van der Waals surface area contributed by atoms with Gasteiger partial charge in [0.25, 0.3) is 0 Å². The van der Waals surface area contributed by atoms with E-state index in [0.717, 1.165) is 0 Å². The summed E-state index contributed by atoms with van der Waals surface area (Å²) in [4.78, 5) is 0. The Kier molecular flexibility index (Phi) is 42.8. The fraction of sp³-hybridized carbons (Fsp3) is 0. The van der Waals surface area contributed by atoms with Gasteiger partial charge < -0.3 is 21.9 Å². The van der Waals surface area contributed by atoms with E-state index in [2.05, 4.69) is 0 Å². The van der Waals surface area contributed by atoms with E-state index in [1.165, 1.54) is 0 Å². The second kappa shape index (κ2) is 11.2. The molecule has 0 heterocycles. The molecule has 0 radical (unpaired) electrons. The summed E-state index contributed by atoms with van der Waals surface area (Å²) in [7, 11) is 0. The quantitative estimate of drug-likeness (QED) is 0.355. The van der Waals surface area contributed by atoms with Crippen LogP contribution in [0.4, 0.5) is 11.5 Å². The van der Waals surface area contributed by atoms with E-state index in [4.69, 9.17) is 0 Å². The Hall–Kier alpha value is 0.359. The average Bonchev–Trinajstić information content (AvgIpc) is 0.722. The zero-order valence-electron chi connectivity index (χ0n) is 4.01. The molecule has 0 aliphatic rings. The number of hydrogen-bond acceptors (Lipinski definition) is 0. The van der Waals surface area contributed by atoms with Crippen molar-refractivity contribution in [1.29, 1.82) is 0 Å². The van der Waals surface area contributed by atoms with Crippen LogP contribution in [0.1, 0.15) is 0 Å². The molecule has 4 nitrogen and oxygen atoms in total. The maximum absolute atomic E-state index is 9.90. The van der Waals surface area contributed by atoms with Crippen molar-refractivity contribution < 1.29 is 33.4 Å². The maximum atomic E-state index is 9.90. The van der Waals surface area contributed by atoms with Gasteiger partial charge in [-0.25, -0.2) is 0 Å². The van der Waals surface area contributed by atoms with Crippen LogP contribution in [0.15, 0.2) is 0 Å². The fourth-order valence-electron chi connectivity index (χ4n) is 0. The normalized spacial score (nSPS) is 6.67. The molecule has 0 aliphatic carbocycles. The van der Waals surface area contributed by atoms with E-state index < -0.39 is 20.7 Å².